The van der Waals surface area contributed by atoms with Crippen molar-refractivity contribution in [3.8, 4) is 10.8 Å². The van der Waals surface area contributed by atoms with Crippen LogP contribution in [0.4, 0.5) is 0 Å². The van der Waals surface area contributed by atoms with Crippen LogP contribution in [0.2, 0.25) is 0 Å². The lowest BCUT2D eigenvalue weighted by Gasteiger charge is -2.07. The molecule has 1 aromatic carbocycles. The molecular formula is C22H24N2O4S. The first kappa shape index (κ1) is 20.8. The first-order valence-electron chi connectivity index (χ1n) is 9.48. The van der Waals surface area contributed by atoms with Gasteiger partial charge in [0.25, 0.3) is 0 Å². The minimum Gasteiger partial charge on any atom is -0.464 e. The zero-order valence-corrected chi connectivity index (χ0v) is 17.4. The molecule has 0 aliphatic rings. The number of aromatic nitrogens is 1. The molecule has 0 fully saturated rings. The highest BCUT2D eigenvalue weighted by atomic mass is 32.1. The lowest BCUT2D eigenvalue weighted by molar-refractivity contribution is -0.143. The molecule has 7 heteroatoms. The van der Waals surface area contributed by atoms with E-state index < -0.39 is 0 Å². The number of nitrogens with one attached hydrogen (secondary N) is 1. The summed E-state index contributed by atoms with van der Waals surface area (Å²) in [6.07, 6.45) is 1.19. The smallest absolute Gasteiger partial charge is 0.311 e. The quantitative estimate of drug-likeness (QED) is 0.426. The van der Waals surface area contributed by atoms with Crippen molar-refractivity contribution in [2.75, 3.05) is 13.2 Å². The van der Waals surface area contributed by atoms with Crippen molar-refractivity contribution in [1.82, 2.24) is 10.3 Å². The van der Waals surface area contributed by atoms with E-state index in [4.69, 9.17) is 9.15 Å². The van der Waals surface area contributed by atoms with Crippen LogP contribution in [0.5, 0.6) is 0 Å². The normalized spacial score (nSPS) is 10.7. The summed E-state index contributed by atoms with van der Waals surface area (Å²) < 4.78 is 10.7. The summed E-state index contributed by atoms with van der Waals surface area (Å²) in [6.45, 7) is 4.34. The van der Waals surface area contributed by atoms with E-state index in [9.17, 15) is 9.59 Å². The number of amides is 1. The molecule has 0 unspecified atom stereocenters. The van der Waals surface area contributed by atoms with Crippen molar-refractivity contribution in [1.29, 1.82) is 0 Å². The van der Waals surface area contributed by atoms with Gasteiger partial charge in [-0.05, 0) is 38.0 Å². The Hall–Kier alpha value is -2.93. The van der Waals surface area contributed by atoms with Crippen LogP contribution in [0, 0.1) is 13.8 Å². The molecule has 0 bridgehead atoms. The van der Waals surface area contributed by atoms with Crippen molar-refractivity contribution >= 4 is 23.2 Å². The Labute approximate surface area is 173 Å². The molecule has 3 rings (SSSR count). The van der Waals surface area contributed by atoms with Gasteiger partial charge in [-0.3, -0.25) is 9.59 Å². The molecule has 0 atom stereocenters. The summed E-state index contributed by atoms with van der Waals surface area (Å²) in [7, 11) is 0. The van der Waals surface area contributed by atoms with Gasteiger partial charge in [0.1, 0.15) is 12.4 Å². The van der Waals surface area contributed by atoms with Crippen LogP contribution in [-0.2, 0) is 27.2 Å². The standard InChI is InChI=1S/C22H24N2O4S/c1-15-3-6-17(7-4-15)8-10-20(25)23-11-12-27-21(26)13-18-14-29-22(24-18)19-9-5-16(2)28-19/h3-7,9,14H,8,10-13H2,1-2H3,(H,23,25). The zero-order chi connectivity index (χ0) is 20.6. The number of furan rings is 1. The van der Waals surface area contributed by atoms with Crippen molar-refractivity contribution in [3.63, 3.8) is 0 Å². The van der Waals surface area contributed by atoms with Gasteiger partial charge in [-0.1, -0.05) is 29.8 Å². The maximum Gasteiger partial charge on any atom is 0.311 e. The molecule has 0 saturated carbocycles. The summed E-state index contributed by atoms with van der Waals surface area (Å²) in [5, 5.41) is 5.33. The summed E-state index contributed by atoms with van der Waals surface area (Å²) in [4.78, 5) is 28.2. The third kappa shape index (κ3) is 6.57. The first-order valence-corrected chi connectivity index (χ1v) is 10.4. The summed E-state index contributed by atoms with van der Waals surface area (Å²) in [6, 6.07) is 11.9. The minimum absolute atomic E-state index is 0.0560. The van der Waals surface area contributed by atoms with Gasteiger partial charge in [0, 0.05) is 11.8 Å². The van der Waals surface area contributed by atoms with Crippen molar-refractivity contribution in [2.45, 2.75) is 33.1 Å². The van der Waals surface area contributed by atoms with E-state index in [2.05, 4.69) is 10.3 Å². The Morgan fingerprint density at radius 3 is 2.66 bits per heavy atom. The van der Waals surface area contributed by atoms with Gasteiger partial charge in [-0.25, -0.2) is 4.98 Å². The van der Waals surface area contributed by atoms with E-state index in [1.807, 2.05) is 55.6 Å². The molecule has 0 radical (unpaired) electrons. The Balaban J connectivity index is 1.32. The predicted molar refractivity (Wildman–Crippen MR) is 112 cm³/mol. The number of carbonyl (C=O) groups is 2. The average molecular weight is 413 g/mol. The van der Waals surface area contributed by atoms with Crippen LogP contribution in [0.25, 0.3) is 10.8 Å². The largest absolute Gasteiger partial charge is 0.464 e. The molecule has 1 amide bonds. The Bertz CT molecular complexity index is 959. The molecule has 6 nitrogen and oxygen atoms in total. The number of thiazole rings is 1. The molecule has 0 aliphatic heterocycles. The number of carbonyl (C=O) groups excluding carboxylic acids is 2. The van der Waals surface area contributed by atoms with E-state index in [1.54, 1.807) is 0 Å². The fraction of sp³-hybridized carbons (Fsp3) is 0.318. The zero-order valence-electron chi connectivity index (χ0n) is 16.6. The van der Waals surface area contributed by atoms with Gasteiger partial charge >= 0.3 is 5.97 Å². The third-order valence-electron chi connectivity index (χ3n) is 4.28. The van der Waals surface area contributed by atoms with Gasteiger partial charge < -0.3 is 14.5 Å². The Morgan fingerprint density at radius 1 is 1.14 bits per heavy atom. The number of ether oxygens (including phenoxy) is 1. The number of rotatable bonds is 9. The van der Waals surface area contributed by atoms with Crippen LogP contribution < -0.4 is 5.32 Å². The summed E-state index contributed by atoms with van der Waals surface area (Å²) >= 11 is 1.42. The molecule has 2 aromatic heterocycles. The third-order valence-corrected chi connectivity index (χ3v) is 5.18. The highest BCUT2D eigenvalue weighted by molar-refractivity contribution is 7.13. The van der Waals surface area contributed by atoms with Crippen LogP contribution in [0.15, 0.2) is 46.2 Å². The number of hydrogen-bond donors (Lipinski definition) is 1. The maximum absolute atomic E-state index is 12.0. The molecule has 29 heavy (non-hydrogen) atoms. The van der Waals surface area contributed by atoms with Crippen LogP contribution in [0.3, 0.4) is 0 Å². The SMILES string of the molecule is Cc1ccc(CCC(=O)NCCOC(=O)Cc2csc(-c3ccc(C)o3)n2)cc1. The highest BCUT2D eigenvalue weighted by Gasteiger charge is 2.12. The van der Waals surface area contributed by atoms with E-state index in [0.29, 0.717) is 30.8 Å². The first-order chi connectivity index (χ1) is 14.0. The molecule has 2 heterocycles. The molecule has 0 aliphatic carbocycles. The van der Waals surface area contributed by atoms with Gasteiger partial charge in [0.2, 0.25) is 5.91 Å². The fourth-order valence-electron chi connectivity index (χ4n) is 2.71. The van der Waals surface area contributed by atoms with Gasteiger partial charge in [0.15, 0.2) is 10.8 Å². The van der Waals surface area contributed by atoms with Crippen molar-refractivity contribution in [3.05, 3.63) is 64.4 Å². The van der Waals surface area contributed by atoms with Crippen molar-refractivity contribution in [2.24, 2.45) is 0 Å². The van der Waals surface area contributed by atoms with Gasteiger partial charge in [-0.2, -0.15) is 0 Å². The second-order valence-electron chi connectivity index (χ2n) is 6.79. The number of esters is 1. The summed E-state index contributed by atoms with van der Waals surface area (Å²) in [5.41, 5.74) is 2.97. The Kier molecular flexibility index (Phi) is 7.19. The second kappa shape index (κ2) is 10.0. The van der Waals surface area contributed by atoms with Crippen LogP contribution in [0.1, 0.15) is 29.0 Å². The lowest BCUT2D eigenvalue weighted by Crippen LogP contribution is -2.28. The topological polar surface area (TPSA) is 81.4 Å². The van der Waals surface area contributed by atoms with Gasteiger partial charge in [-0.15, -0.1) is 11.3 Å². The number of benzene rings is 1. The average Bonchev–Trinajstić information content (AvgIpc) is 3.33. The van der Waals surface area contributed by atoms with E-state index in [0.717, 1.165) is 16.3 Å². The molecule has 152 valence electrons. The van der Waals surface area contributed by atoms with E-state index >= 15 is 0 Å². The second-order valence-corrected chi connectivity index (χ2v) is 7.65. The number of aryl methyl sites for hydroxylation is 3. The van der Waals surface area contributed by atoms with Crippen LogP contribution >= 0.6 is 11.3 Å². The molecule has 0 saturated heterocycles. The Morgan fingerprint density at radius 2 is 1.93 bits per heavy atom. The molecule has 0 spiro atoms. The maximum atomic E-state index is 12.0. The molecular weight excluding hydrogens is 388 g/mol. The molecule has 3 aromatic rings. The molecule has 1 N–H and O–H groups in total. The monoisotopic (exact) mass is 412 g/mol. The van der Waals surface area contributed by atoms with Gasteiger partial charge in [0.05, 0.1) is 18.7 Å². The van der Waals surface area contributed by atoms with E-state index in [1.165, 1.54) is 16.9 Å². The summed E-state index contributed by atoms with van der Waals surface area (Å²) in [5.74, 6) is 1.09. The number of hydrogen-bond acceptors (Lipinski definition) is 6. The van der Waals surface area contributed by atoms with Crippen LogP contribution in [-0.4, -0.2) is 30.0 Å². The number of nitrogens with zero attached hydrogens (tertiary/aromatic N) is 1. The predicted octanol–water partition coefficient (Wildman–Crippen LogP) is 3.85. The highest BCUT2D eigenvalue weighted by Crippen LogP contribution is 2.25. The van der Waals surface area contributed by atoms with Crippen molar-refractivity contribution < 1.29 is 18.7 Å². The fourth-order valence-corrected chi connectivity index (χ4v) is 3.49. The van der Waals surface area contributed by atoms with E-state index in [-0.39, 0.29) is 24.9 Å². The lowest BCUT2D eigenvalue weighted by atomic mass is 10.1. The minimum atomic E-state index is -0.369.